The van der Waals surface area contributed by atoms with Crippen LogP contribution in [0.1, 0.15) is 25.6 Å². The van der Waals surface area contributed by atoms with E-state index >= 15 is 0 Å². The van der Waals surface area contributed by atoms with Crippen LogP contribution < -0.4 is 5.32 Å². The van der Waals surface area contributed by atoms with Crippen molar-refractivity contribution in [3.63, 3.8) is 0 Å². The van der Waals surface area contributed by atoms with Crippen LogP contribution in [0.4, 0.5) is 0 Å². The molecular weight excluding hydrogens is 270 g/mol. The summed E-state index contributed by atoms with van der Waals surface area (Å²) in [7, 11) is 0. The smallest absolute Gasteiger partial charge is 0.245 e. The van der Waals surface area contributed by atoms with Gasteiger partial charge >= 0.3 is 0 Å². The zero-order chi connectivity index (χ0) is 15.2. The number of nitrogens with one attached hydrogen (secondary N) is 1. The van der Waals surface area contributed by atoms with E-state index in [0.29, 0.717) is 32.5 Å². The number of piperidine rings is 1. The maximum atomic E-state index is 12.1. The summed E-state index contributed by atoms with van der Waals surface area (Å²) in [5, 5.41) is 6.97. The Morgan fingerprint density at radius 3 is 2.81 bits per heavy atom. The molecule has 7 heteroatoms. The Hall–Kier alpha value is -2.18. The number of rotatable bonds is 5. The molecule has 0 bridgehead atoms. The average Bonchev–Trinajstić information content (AvgIpc) is 2.99. The molecule has 1 N–H and O–H groups in total. The lowest BCUT2D eigenvalue weighted by atomic mass is 9.96. The van der Waals surface area contributed by atoms with Crippen LogP contribution in [0.3, 0.4) is 0 Å². The van der Waals surface area contributed by atoms with Crippen molar-refractivity contribution in [3.05, 3.63) is 24.8 Å². The number of aromatic nitrogens is 3. The lowest BCUT2D eigenvalue weighted by Gasteiger charge is -2.30. The minimum atomic E-state index is -0.0649. The first kappa shape index (κ1) is 15.2. The molecular formula is C14H21N5O2. The Kier molecular flexibility index (Phi) is 5.08. The molecule has 0 aliphatic carbocycles. The fraction of sp³-hybridized carbons (Fsp3) is 0.571. The predicted octanol–water partition coefficient (Wildman–Crippen LogP) is 0.339. The van der Waals surface area contributed by atoms with Crippen LogP contribution in [0.2, 0.25) is 0 Å². The van der Waals surface area contributed by atoms with E-state index in [1.54, 1.807) is 9.58 Å². The number of likely N-dealkylation sites (tertiary alicyclic amines) is 1. The maximum absolute atomic E-state index is 12.1. The Labute approximate surface area is 124 Å². The number of hydrogen-bond donors (Lipinski definition) is 1. The van der Waals surface area contributed by atoms with Crippen molar-refractivity contribution in [1.82, 2.24) is 25.0 Å². The summed E-state index contributed by atoms with van der Waals surface area (Å²) in [6.07, 6.45) is 4.18. The third-order valence-electron chi connectivity index (χ3n) is 3.77. The summed E-state index contributed by atoms with van der Waals surface area (Å²) in [6, 6.07) is 0. The molecule has 1 saturated heterocycles. The second-order valence-electron chi connectivity index (χ2n) is 5.01. The van der Waals surface area contributed by atoms with E-state index in [2.05, 4.69) is 22.0 Å². The molecule has 0 spiro atoms. The van der Waals surface area contributed by atoms with Gasteiger partial charge in [-0.2, -0.15) is 5.10 Å². The summed E-state index contributed by atoms with van der Waals surface area (Å²) in [5.41, 5.74) is 0. The average molecular weight is 291 g/mol. The number of nitrogens with zero attached hydrogens (tertiary/aromatic N) is 4. The van der Waals surface area contributed by atoms with Crippen molar-refractivity contribution in [2.45, 2.75) is 32.9 Å². The predicted molar refractivity (Wildman–Crippen MR) is 77.0 cm³/mol. The topological polar surface area (TPSA) is 80.1 Å². The van der Waals surface area contributed by atoms with Gasteiger partial charge < -0.3 is 10.2 Å². The third-order valence-corrected chi connectivity index (χ3v) is 3.77. The maximum Gasteiger partial charge on any atom is 0.245 e. The Morgan fingerprint density at radius 1 is 1.48 bits per heavy atom. The zero-order valence-electron chi connectivity index (χ0n) is 12.3. The second-order valence-corrected chi connectivity index (χ2v) is 5.01. The minimum absolute atomic E-state index is 0.0198. The quantitative estimate of drug-likeness (QED) is 0.793. The molecule has 2 rings (SSSR count). The summed E-state index contributed by atoms with van der Waals surface area (Å²) >= 11 is 0. The van der Waals surface area contributed by atoms with Crippen molar-refractivity contribution >= 4 is 11.8 Å². The normalized spacial score (nSPS) is 15.8. The molecule has 0 radical (unpaired) electrons. The molecule has 21 heavy (non-hydrogen) atoms. The van der Waals surface area contributed by atoms with Crippen LogP contribution in [-0.2, 0) is 22.7 Å². The van der Waals surface area contributed by atoms with E-state index in [0.717, 1.165) is 12.4 Å². The largest absolute Gasteiger partial charge is 0.349 e. The number of amides is 2. The molecule has 1 aromatic heterocycles. The van der Waals surface area contributed by atoms with Gasteiger partial charge in [-0.25, -0.2) is 9.67 Å². The van der Waals surface area contributed by atoms with E-state index in [1.165, 1.54) is 12.4 Å². The van der Waals surface area contributed by atoms with Gasteiger partial charge in [-0.3, -0.25) is 9.59 Å². The first-order chi connectivity index (χ1) is 10.2. The zero-order valence-corrected chi connectivity index (χ0v) is 12.3. The first-order valence-electron chi connectivity index (χ1n) is 7.21. The molecule has 1 aliphatic rings. The van der Waals surface area contributed by atoms with E-state index < -0.39 is 0 Å². The second kappa shape index (κ2) is 7.01. The molecule has 1 aliphatic heterocycles. The van der Waals surface area contributed by atoms with Gasteiger partial charge in [0.1, 0.15) is 12.2 Å². The number of carbonyl (C=O) groups is 2. The van der Waals surface area contributed by atoms with Crippen molar-refractivity contribution in [1.29, 1.82) is 0 Å². The van der Waals surface area contributed by atoms with Gasteiger partial charge in [0.15, 0.2) is 0 Å². The van der Waals surface area contributed by atoms with Crippen LogP contribution in [0.25, 0.3) is 0 Å². The summed E-state index contributed by atoms with van der Waals surface area (Å²) < 4.78 is 1.76. The lowest BCUT2D eigenvalue weighted by Crippen LogP contribution is -2.42. The number of carbonyl (C=O) groups excluding carboxylic acids is 2. The first-order valence-corrected chi connectivity index (χ1v) is 7.21. The van der Waals surface area contributed by atoms with Crippen molar-refractivity contribution in [3.8, 4) is 0 Å². The standard InChI is InChI=1S/C14H21N5O2/c1-3-13(20)18-7-5-11(6-8-18)14(21)15-9-12-16-10-17-19(12)4-2/h3,10-11H,1,4-9H2,2H3,(H,15,21). The molecule has 0 unspecified atom stereocenters. The number of aryl methyl sites for hydroxylation is 1. The molecule has 2 heterocycles. The van der Waals surface area contributed by atoms with Crippen LogP contribution in [-0.4, -0.2) is 44.6 Å². The van der Waals surface area contributed by atoms with Gasteiger partial charge in [0.05, 0.1) is 6.54 Å². The molecule has 7 nitrogen and oxygen atoms in total. The molecule has 114 valence electrons. The fourth-order valence-electron chi connectivity index (χ4n) is 2.49. The Balaban J connectivity index is 1.80. The molecule has 1 fully saturated rings. The van der Waals surface area contributed by atoms with E-state index in [9.17, 15) is 9.59 Å². The highest BCUT2D eigenvalue weighted by molar-refractivity contribution is 5.87. The van der Waals surface area contributed by atoms with Crippen molar-refractivity contribution in [2.24, 2.45) is 5.92 Å². The van der Waals surface area contributed by atoms with Gasteiger partial charge in [0.2, 0.25) is 11.8 Å². The van der Waals surface area contributed by atoms with Gasteiger partial charge in [-0.15, -0.1) is 0 Å². The monoisotopic (exact) mass is 291 g/mol. The highest BCUT2D eigenvalue weighted by Crippen LogP contribution is 2.17. The number of hydrogen-bond acceptors (Lipinski definition) is 4. The molecule has 0 saturated carbocycles. The molecule has 2 amide bonds. The van der Waals surface area contributed by atoms with Crippen LogP contribution in [0.15, 0.2) is 19.0 Å². The summed E-state index contributed by atoms with van der Waals surface area (Å²) in [5.74, 6) is 0.665. The highest BCUT2D eigenvalue weighted by atomic mass is 16.2. The molecule has 1 aromatic rings. The minimum Gasteiger partial charge on any atom is -0.349 e. The van der Waals surface area contributed by atoms with Crippen molar-refractivity contribution < 1.29 is 9.59 Å². The van der Waals surface area contributed by atoms with Gasteiger partial charge in [-0.1, -0.05) is 6.58 Å². The molecule has 0 aromatic carbocycles. The lowest BCUT2D eigenvalue weighted by molar-refractivity contribution is -0.132. The fourth-order valence-corrected chi connectivity index (χ4v) is 2.49. The third kappa shape index (κ3) is 3.68. The van der Waals surface area contributed by atoms with Crippen LogP contribution in [0, 0.1) is 5.92 Å². The van der Waals surface area contributed by atoms with Gasteiger partial charge in [0, 0.05) is 25.6 Å². The van der Waals surface area contributed by atoms with E-state index in [1.807, 2.05) is 6.92 Å². The SMILES string of the molecule is C=CC(=O)N1CCC(C(=O)NCc2ncnn2CC)CC1. The Morgan fingerprint density at radius 2 is 2.19 bits per heavy atom. The summed E-state index contributed by atoms with van der Waals surface area (Å²) in [6.45, 7) is 7.78. The van der Waals surface area contributed by atoms with E-state index in [-0.39, 0.29) is 17.7 Å². The highest BCUT2D eigenvalue weighted by Gasteiger charge is 2.26. The van der Waals surface area contributed by atoms with E-state index in [4.69, 9.17) is 0 Å². The van der Waals surface area contributed by atoms with Crippen molar-refractivity contribution in [2.75, 3.05) is 13.1 Å². The van der Waals surface area contributed by atoms with Gasteiger partial charge in [0.25, 0.3) is 0 Å². The van der Waals surface area contributed by atoms with Crippen LogP contribution >= 0.6 is 0 Å². The Bertz CT molecular complexity index is 517. The van der Waals surface area contributed by atoms with Crippen LogP contribution in [0.5, 0.6) is 0 Å². The molecule has 0 atom stereocenters. The van der Waals surface area contributed by atoms with Gasteiger partial charge in [-0.05, 0) is 25.8 Å². The summed E-state index contributed by atoms with van der Waals surface area (Å²) in [4.78, 5) is 29.5.